The molecule has 0 radical (unpaired) electrons. The molecule has 20 heavy (non-hydrogen) atoms. The Morgan fingerprint density at radius 3 is 2.85 bits per heavy atom. The number of benzene rings is 1. The van der Waals surface area contributed by atoms with Crippen LogP contribution in [0.15, 0.2) is 30.6 Å². The van der Waals surface area contributed by atoms with E-state index in [9.17, 15) is 10.1 Å². The maximum absolute atomic E-state index is 11.1. The van der Waals surface area contributed by atoms with Crippen molar-refractivity contribution in [3.63, 3.8) is 0 Å². The molecule has 7 heteroatoms. The van der Waals surface area contributed by atoms with Gasteiger partial charge in [0.05, 0.1) is 11.0 Å². The molecule has 102 valence electrons. The minimum atomic E-state index is -0.577. The van der Waals surface area contributed by atoms with Crippen LogP contribution in [0, 0.1) is 10.1 Å². The topological polar surface area (TPSA) is 78.2 Å². The highest BCUT2D eigenvalue weighted by atomic mass is 35.5. The second-order valence-electron chi connectivity index (χ2n) is 4.46. The third-order valence-corrected chi connectivity index (χ3v) is 3.17. The van der Waals surface area contributed by atoms with Crippen LogP contribution >= 0.6 is 11.6 Å². The zero-order valence-corrected chi connectivity index (χ0v) is 11.1. The van der Waals surface area contributed by atoms with Gasteiger partial charge in [-0.25, -0.2) is 9.97 Å². The third-order valence-electron chi connectivity index (χ3n) is 2.89. The van der Waals surface area contributed by atoms with E-state index >= 15 is 0 Å². The fourth-order valence-electron chi connectivity index (χ4n) is 1.83. The number of ether oxygens (including phenoxy) is 1. The molecule has 0 atom stereocenters. The van der Waals surface area contributed by atoms with Crippen molar-refractivity contribution >= 4 is 17.3 Å². The number of nitro groups is 1. The van der Waals surface area contributed by atoms with E-state index in [0.29, 0.717) is 11.3 Å². The minimum absolute atomic E-state index is 0.173. The maximum atomic E-state index is 11.1. The summed E-state index contributed by atoms with van der Waals surface area (Å²) in [5.41, 5.74) is 0.480. The quantitative estimate of drug-likeness (QED) is 0.491. The van der Waals surface area contributed by atoms with Gasteiger partial charge in [-0.15, -0.1) is 0 Å². The molecule has 1 aliphatic carbocycles. The molecule has 0 bridgehead atoms. The second-order valence-corrected chi connectivity index (χ2v) is 4.82. The van der Waals surface area contributed by atoms with Gasteiger partial charge in [0.1, 0.15) is 12.1 Å². The highest BCUT2D eigenvalue weighted by Gasteiger charge is 2.25. The predicted octanol–water partition coefficient (Wildman–Crippen LogP) is 3.25. The monoisotopic (exact) mass is 291 g/mol. The molecular weight excluding hydrogens is 282 g/mol. The van der Waals surface area contributed by atoms with Crippen LogP contribution in [0.3, 0.4) is 0 Å². The molecule has 0 saturated heterocycles. The SMILES string of the molecule is O=[N+]([O-])c1c(Cl)ncnc1-c1cccc(OC2CC2)c1. The Hall–Kier alpha value is -2.21. The van der Waals surface area contributed by atoms with Crippen molar-refractivity contribution in [1.82, 2.24) is 9.97 Å². The first-order chi connectivity index (χ1) is 9.65. The number of rotatable bonds is 4. The lowest BCUT2D eigenvalue weighted by Gasteiger charge is -2.07. The average Bonchev–Trinajstić information content (AvgIpc) is 3.22. The van der Waals surface area contributed by atoms with Crippen LogP contribution in [0.2, 0.25) is 5.15 Å². The first-order valence-electron chi connectivity index (χ1n) is 6.07. The highest BCUT2D eigenvalue weighted by molar-refractivity contribution is 6.31. The van der Waals surface area contributed by atoms with Crippen molar-refractivity contribution in [2.75, 3.05) is 0 Å². The van der Waals surface area contributed by atoms with E-state index in [-0.39, 0.29) is 22.6 Å². The summed E-state index contributed by atoms with van der Waals surface area (Å²) in [6.45, 7) is 0. The molecule has 1 saturated carbocycles. The summed E-state index contributed by atoms with van der Waals surface area (Å²) >= 11 is 5.78. The molecule has 1 heterocycles. The lowest BCUT2D eigenvalue weighted by atomic mass is 10.1. The van der Waals surface area contributed by atoms with Crippen LogP contribution in [0.1, 0.15) is 12.8 Å². The molecule has 6 nitrogen and oxygen atoms in total. The minimum Gasteiger partial charge on any atom is -0.490 e. The van der Waals surface area contributed by atoms with E-state index in [1.807, 2.05) is 6.07 Å². The van der Waals surface area contributed by atoms with Crippen LogP contribution in [-0.4, -0.2) is 21.0 Å². The zero-order valence-electron chi connectivity index (χ0n) is 10.3. The Morgan fingerprint density at radius 1 is 1.35 bits per heavy atom. The van der Waals surface area contributed by atoms with Gasteiger partial charge in [-0.1, -0.05) is 23.7 Å². The van der Waals surface area contributed by atoms with E-state index in [4.69, 9.17) is 16.3 Å². The summed E-state index contributed by atoms with van der Waals surface area (Å²) in [5, 5.41) is 10.9. The Kier molecular flexibility index (Phi) is 3.23. The predicted molar refractivity (Wildman–Crippen MR) is 72.8 cm³/mol. The maximum Gasteiger partial charge on any atom is 0.332 e. The van der Waals surface area contributed by atoms with Gasteiger partial charge < -0.3 is 4.74 Å². The highest BCUT2D eigenvalue weighted by Crippen LogP contribution is 2.35. The molecule has 3 rings (SSSR count). The summed E-state index contributed by atoms with van der Waals surface area (Å²) in [6, 6.07) is 7.04. The normalized spacial score (nSPS) is 14.1. The van der Waals surface area contributed by atoms with Crippen molar-refractivity contribution in [3.05, 3.63) is 45.9 Å². The van der Waals surface area contributed by atoms with Gasteiger partial charge in [0, 0.05) is 5.56 Å². The first kappa shape index (κ1) is 12.8. The molecule has 1 aromatic carbocycles. The van der Waals surface area contributed by atoms with Crippen LogP contribution < -0.4 is 4.74 Å². The molecule has 1 fully saturated rings. The number of halogens is 1. The van der Waals surface area contributed by atoms with Gasteiger partial charge in [-0.05, 0) is 25.0 Å². The van der Waals surface area contributed by atoms with E-state index in [0.717, 1.165) is 12.8 Å². The van der Waals surface area contributed by atoms with Gasteiger partial charge in [0.15, 0.2) is 5.69 Å². The van der Waals surface area contributed by atoms with E-state index in [1.54, 1.807) is 18.2 Å². The smallest absolute Gasteiger partial charge is 0.332 e. The summed E-state index contributed by atoms with van der Waals surface area (Å²) in [4.78, 5) is 18.1. The molecule has 0 spiro atoms. The Labute approximate surface area is 119 Å². The Morgan fingerprint density at radius 2 is 2.15 bits per heavy atom. The van der Waals surface area contributed by atoms with Crippen molar-refractivity contribution in [1.29, 1.82) is 0 Å². The summed E-state index contributed by atoms with van der Waals surface area (Å²) in [6.07, 6.45) is 3.56. The zero-order chi connectivity index (χ0) is 14.1. The lowest BCUT2D eigenvalue weighted by molar-refractivity contribution is -0.384. The Bertz CT molecular complexity index is 674. The molecular formula is C13H10ClN3O3. The number of aromatic nitrogens is 2. The standard InChI is InChI=1S/C13H10ClN3O3/c14-13-12(17(18)19)11(15-7-16-13)8-2-1-3-10(6-8)20-9-4-5-9/h1-3,6-7,9H,4-5H2. The molecule has 0 aliphatic heterocycles. The van der Waals surface area contributed by atoms with Gasteiger partial charge in [0.2, 0.25) is 5.15 Å². The van der Waals surface area contributed by atoms with Crippen molar-refractivity contribution < 1.29 is 9.66 Å². The van der Waals surface area contributed by atoms with Crippen molar-refractivity contribution in [2.45, 2.75) is 18.9 Å². The molecule has 0 N–H and O–H groups in total. The molecule has 1 aliphatic rings. The van der Waals surface area contributed by atoms with Crippen LogP contribution in [0.5, 0.6) is 5.75 Å². The van der Waals surface area contributed by atoms with Gasteiger partial charge in [0.25, 0.3) is 0 Å². The fraction of sp³-hybridized carbons (Fsp3) is 0.231. The molecule has 2 aromatic rings. The first-order valence-corrected chi connectivity index (χ1v) is 6.45. The second kappa shape index (κ2) is 5.05. The van der Waals surface area contributed by atoms with Crippen molar-refractivity contribution in [2.24, 2.45) is 0 Å². The third kappa shape index (κ3) is 2.55. The fourth-order valence-corrected chi connectivity index (χ4v) is 2.03. The number of hydrogen-bond donors (Lipinski definition) is 0. The summed E-state index contributed by atoms with van der Waals surface area (Å²) in [5.74, 6) is 0.675. The molecule has 0 unspecified atom stereocenters. The summed E-state index contributed by atoms with van der Waals surface area (Å²) in [7, 11) is 0. The van der Waals surface area contributed by atoms with Crippen LogP contribution in [0.4, 0.5) is 5.69 Å². The largest absolute Gasteiger partial charge is 0.490 e. The molecule has 0 amide bonds. The molecule has 1 aromatic heterocycles. The van der Waals surface area contributed by atoms with Crippen LogP contribution in [0.25, 0.3) is 11.3 Å². The van der Waals surface area contributed by atoms with E-state index in [2.05, 4.69) is 9.97 Å². The Balaban J connectivity index is 2.03. The van der Waals surface area contributed by atoms with Crippen LogP contribution in [-0.2, 0) is 0 Å². The van der Waals surface area contributed by atoms with E-state index < -0.39 is 4.92 Å². The van der Waals surface area contributed by atoms with Crippen molar-refractivity contribution in [3.8, 4) is 17.0 Å². The lowest BCUT2D eigenvalue weighted by Crippen LogP contribution is -1.99. The van der Waals surface area contributed by atoms with E-state index in [1.165, 1.54) is 6.33 Å². The number of nitrogens with zero attached hydrogens (tertiary/aromatic N) is 3. The average molecular weight is 292 g/mol. The van der Waals surface area contributed by atoms with Gasteiger partial charge in [-0.3, -0.25) is 10.1 Å². The van der Waals surface area contributed by atoms with Gasteiger partial charge in [-0.2, -0.15) is 0 Å². The number of hydrogen-bond acceptors (Lipinski definition) is 5. The van der Waals surface area contributed by atoms with Gasteiger partial charge >= 0.3 is 5.69 Å². The summed E-state index contributed by atoms with van der Waals surface area (Å²) < 4.78 is 5.67.